The number of ketones is 1. The van der Waals surface area contributed by atoms with Crippen LogP contribution in [-0.2, 0) is 4.79 Å². The van der Waals surface area contributed by atoms with Gasteiger partial charge in [-0.3, -0.25) is 4.79 Å². The summed E-state index contributed by atoms with van der Waals surface area (Å²) in [6, 6.07) is 8.10. The Labute approximate surface area is 103 Å². The summed E-state index contributed by atoms with van der Waals surface area (Å²) in [6.07, 6.45) is 4.47. The molecule has 1 aliphatic carbocycles. The number of carbonyl (C=O) groups is 1. The van der Waals surface area contributed by atoms with E-state index in [1.165, 1.54) is 3.57 Å². The van der Waals surface area contributed by atoms with Gasteiger partial charge in [0.25, 0.3) is 0 Å². The monoisotopic (exact) mass is 313 g/mol. The van der Waals surface area contributed by atoms with E-state index in [2.05, 4.69) is 27.9 Å². The largest absolute Gasteiger partial charge is 0.361 e. The fraction of sp³-hybridized carbons (Fsp3) is 0.250. The fourth-order valence-corrected chi connectivity index (χ4v) is 1.97. The van der Waals surface area contributed by atoms with E-state index in [0.29, 0.717) is 6.42 Å². The smallest absolute Gasteiger partial charge is 0.160 e. The molecule has 0 aliphatic heterocycles. The van der Waals surface area contributed by atoms with Gasteiger partial charge in [0.2, 0.25) is 0 Å². The first-order valence-electron chi connectivity index (χ1n) is 5.00. The van der Waals surface area contributed by atoms with Gasteiger partial charge in [-0.25, -0.2) is 0 Å². The molecule has 0 unspecified atom stereocenters. The molecule has 1 aromatic carbocycles. The average Bonchev–Trinajstić information content (AvgIpc) is 2.63. The maximum atomic E-state index is 11.3. The molecular formula is C12H12INO. The molecule has 0 bridgehead atoms. The lowest BCUT2D eigenvalue weighted by Gasteiger charge is -2.01. The quantitative estimate of drug-likeness (QED) is 0.670. The minimum atomic E-state index is 0.285. The molecule has 2 nitrogen and oxygen atoms in total. The molecule has 0 heterocycles. The van der Waals surface area contributed by atoms with E-state index >= 15 is 0 Å². The third-order valence-corrected chi connectivity index (χ3v) is 3.18. The van der Waals surface area contributed by atoms with E-state index in [4.69, 9.17) is 0 Å². The first-order valence-corrected chi connectivity index (χ1v) is 6.08. The molecule has 1 fully saturated rings. The lowest BCUT2D eigenvalue weighted by molar-refractivity contribution is -0.114. The lowest BCUT2D eigenvalue weighted by Crippen LogP contribution is -1.96. The SMILES string of the molecule is O=C1CCC/C1=C\Nc1ccc(I)cc1. The van der Waals surface area contributed by atoms with Crippen molar-refractivity contribution in [1.82, 2.24) is 0 Å². The van der Waals surface area contributed by atoms with Crippen LogP contribution in [0.4, 0.5) is 5.69 Å². The minimum absolute atomic E-state index is 0.285. The van der Waals surface area contributed by atoms with Crippen molar-refractivity contribution in [2.45, 2.75) is 19.3 Å². The number of halogens is 1. The van der Waals surface area contributed by atoms with Crippen LogP contribution in [0, 0.1) is 3.57 Å². The Kier molecular flexibility index (Phi) is 3.41. The van der Waals surface area contributed by atoms with Crippen molar-refractivity contribution in [1.29, 1.82) is 0 Å². The number of hydrogen-bond acceptors (Lipinski definition) is 2. The van der Waals surface area contributed by atoms with Gasteiger partial charge in [-0.15, -0.1) is 0 Å². The number of benzene rings is 1. The van der Waals surface area contributed by atoms with Gasteiger partial charge >= 0.3 is 0 Å². The Morgan fingerprint density at radius 2 is 1.93 bits per heavy atom. The number of carbonyl (C=O) groups excluding carboxylic acids is 1. The van der Waals surface area contributed by atoms with Crippen molar-refractivity contribution in [3.05, 3.63) is 39.6 Å². The highest BCUT2D eigenvalue weighted by Gasteiger charge is 2.16. The molecule has 2 rings (SSSR count). The van der Waals surface area contributed by atoms with E-state index < -0.39 is 0 Å². The van der Waals surface area contributed by atoms with Crippen LogP contribution in [0.5, 0.6) is 0 Å². The Hall–Kier alpha value is -0.840. The molecule has 0 aromatic heterocycles. The van der Waals surface area contributed by atoms with Crippen LogP contribution in [0.15, 0.2) is 36.0 Å². The van der Waals surface area contributed by atoms with Gasteiger partial charge in [-0.05, 0) is 59.7 Å². The van der Waals surface area contributed by atoms with Crippen molar-refractivity contribution >= 4 is 34.1 Å². The summed E-state index contributed by atoms with van der Waals surface area (Å²) < 4.78 is 1.21. The Balaban J connectivity index is 2.03. The van der Waals surface area contributed by atoms with Crippen molar-refractivity contribution in [3.8, 4) is 0 Å². The van der Waals surface area contributed by atoms with Crippen LogP contribution in [0.25, 0.3) is 0 Å². The van der Waals surface area contributed by atoms with Crippen molar-refractivity contribution < 1.29 is 4.79 Å². The number of anilines is 1. The fourth-order valence-electron chi connectivity index (χ4n) is 1.61. The van der Waals surface area contributed by atoms with Crippen molar-refractivity contribution in [2.75, 3.05) is 5.32 Å². The van der Waals surface area contributed by atoms with Gasteiger partial charge in [-0.2, -0.15) is 0 Å². The highest BCUT2D eigenvalue weighted by Crippen LogP contribution is 2.20. The first-order chi connectivity index (χ1) is 7.25. The van der Waals surface area contributed by atoms with Crippen LogP contribution < -0.4 is 5.32 Å². The zero-order valence-electron chi connectivity index (χ0n) is 8.29. The van der Waals surface area contributed by atoms with Crippen LogP contribution in [-0.4, -0.2) is 5.78 Å². The van der Waals surface area contributed by atoms with E-state index in [-0.39, 0.29) is 5.78 Å². The predicted octanol–water partition coefficient (Wildman–Crippen LogP) is 3.34. The third kappa shape index (κ3) is 2.81. The topological polar surface area (TPSA) is 29.1 Å². The van der Waals surface area contributed by atoms with Crippen LogP contribution >= 0.6 is 22.6 Å². The molecule has 1 N–H and O–H groups in total. The second-order valence-corrected chi connectivity index (χ2v) is 4.84. The van der Waals surface area contributed by atoms with Gasteiger partial charge < -0.3 is 5.32 Å². The summed E-state index contributed by atoms with van der Waals surface area (Å²) in [4.78, 5) is 11.3. The molecule has 1 aliphatic rings. The second-order valence-electron chi connectivity index (χ2n) is 3.60. The summed E-state index contributed by atoms with van der Waals surface area (Å²) in [5.74, 6) is 0.285. The summed E-state index contributed by atoms with van der Waals surface area (Å²) in [5, 5.41) is 3.16. The van der Waals surface area contributed by atoms with Gasteiger partial charge in [-0.1, -0.05) is 0 Å². The summed E-state index contributed by atoms with van der Waals surface area (Å²) in [5.41, 5.74) is 1.95. The molecule has 1 saturated carbocycles. The molecule has 1 aromatic rings. The van der Waals surface area contributed by atoms with Gasteiger partial charge in [0.15, 0.2) is 5.78 Å². The normalized spacial score (nSPS) is 18.5. The lowest BCUT2D eigenvalue weighted by atomic mass is 10.2. The number of Topliss-reactive ketones (excluding diaryl/α,β-unsaturated/α-hetero) is 1. The van der Waals surface area contributed by atoms with Crippen molar-refractivity contribution in [2.24, 2.45) is 0 Å². The molecule has 0 atom stereocenters. The van der Waals surface area contributed by atoms with Crippen LogP contribution in [0.1, 0.15) is 19.3 Å². The standard InChI is InChI=1S/C12H12INO/c13-10-4-6-11(7-5-10)14-8-9-2-1-3-12(9)15/h4-8,14H,1-3H2/b9-8+. The minimum Gasteiger partial charge on any atom is -0.361 e. The van der Waals surface area contributed by atoms with E-state index in [1.807, 2.05) is 30.5 Å². The number of nitrogens with one attached hydrogen (secondary N) is 1. The number of allylic oxidation sites excluding steroid dienone is 1. The Bertz CT molecular complexity index is 395. The maximum Gasteiger partial charge on any atom is 0.160 e. The molecule has 0 saturated heterocycles. The molecular weight excluding hydrogens is 301 g/mol. The van der Waals surface area contributed by atoms with Gasteiger partial charge in [0.1, 0.15) is 0 Å². The Morgan fingerprint density at radius 1 is 1.20 bits per heavy atom. The van der Waals surface area contributed by atoms with E-state index in [1.54, 1.807) is 0 Å². The Morgan fingerprint density at radius 3 is 2.53 bits per heavy atom. The first kappa shape index (κ1) is 10.7. The van der Waals surface area contributed by atoms with Gasteiger partial charge in [0.05, 0.1) is 0 Å². The van der Waals surface area contributed by atoms with Gasteiger partial charge in [0, 0.05) is 27.5 Å². The average molecular weight is 313 g/mol. The molecule has 0 amide bonds. The summed E-state index contributed by atoms with van der Waals surface area (Å²) in [6.45, 7) is 0. The zero-order chi connectivity index (χ0) is 10.7. The second kappa shape index (κ2) is 4.79. The van der Waals surface area contributed by atoms with Crippen LogP contribution in [0.3, 0.4) is 0 Å². The van der Waals surface area contributed by atoms with Crippen LogP contribution in [0.2, 0.25) is 0 Å². The zero-order valence-corrected chi connectivity index (χ0v) is 10.5. The van der Waals surface area contributed by atoms with E-state index in [0.717, 1.165) is 24.1 Å². The summed E-state index contributed by atoms with van der Waals surface area (Å²) in [7, 11) is 0. The van der Waals surface area contributed by atoms with Crippen molar-refractivity contribution in [3.63, 3.8) is 0 Å². The maximum absolute atomic E-state index is 11.3. The molecule has 0 radical (unpaired) electrons. The summed E-state index contributed by atoms with van der Waals surface area (Å²) >= 11 is 2.27. The number of rotatable bonds is 2. The number of hydrogen-bond donors (Lipinski definition) is 1. The third-order valence-electron chi connectivity index (χ3n) is 2.47. The van der Waals surface area contributed by atoms with E-state index in [9.17, 15) is 4.79 Å². The molecule has 3 heteroatoms. The molecule has 78 valence electrons. The molecule has 15 heavy (non-hydrogen) atoms. The molecule has 0 spiro atoms. The highest BCUT2D eigenvalue weighted by molar-refractivity contribution is 14.1. The predicted molar refractivity (Wildman–Crippen MR) is 69.7 cm³/mol. The highest BCUT2D eigenvalue weighted by atomic mass is 127.